The van der Waals surface area contributed by atoms with E-state index in [2.05, 4.69) is 171 Å². The van der Waals surface area contributed by atoms with Gasteiger partial charge in [-0.15, -0.1) is 0 Å². The number of hydrogen-bond acceptors (Lipinski definition) is 0. The Labute approximate surface area is 252 Å². The molecule has 206 valence electrons. The van der Waals surface area contributed by atoms with Crippen molar-refractivity contribution in [2.75, 3.05) is 0 Å². The van der Waals surface area contributed by atoms with E-state index < -0.39 is 0 Å². The third-order valence-electron chi connectivity index (χ3n) is 8.94. The van der Waals surface area contributed by atoms with Crippen LogP contribution in [-0.4, -0.2) is 4.57 Å². The molecule has 1 heteroatoms. The van der Waals surface area contributed by atoms with Crippen molar-refractivity contribution >= 4 is 43.4 Å². The van der Waals surface area contributed by atoms with Gasteiger partial charge in [-0.3, -0.25) is 0 Å². The molecule has 0 aliphatic carbocycles. The third kappa shape index (κ3) is 4.23. The van der Waals surface area contributed by atoms with Crippen LogP contribution in [0, 0.1) is 0 Å². The molecule has 0 fully saturated rings. The highest BCUT2D eigenvalue weighted by molar-refractivity contribution is 6.14. The summed E-state index contributed by atoms with van der Waals surface area (Å²) >= 11 is 0. The first kappa shape index (κ1) is 25.6. The normalized spacial score (nSPS) is 12.1. The van der Waals surface area contributed by atoms with E-state index in [0.717, 1.165) is 0 Å². The van der Waals surface area contributed by atoms with Crippen LogP contribution in [0.4, 0.5) is 0 Å². The van der Waals surface area contributed by atoms with E-state index in [9.17, 15) is 0 Å². The molecule has 43 heavy (non-hydrogen) atoms. The molecule has 0 aliphatic heterocycles. The molecule has 0 atom stereocenters. The Hall–Kier alpha value is -5.14. The minimum atomic E-state index is 0.0791. The van der Waals surface area contributed by atoms with Crippen molar-refractivity contribution in [3.8, 4) is 27.9 Å². The zero-order chi connectivity index (χ0) is 29.1. The Bertz CT molecular complexity index is 2300. The molecule has 0 aliphatic rings. The Morgan fingerprint density at radius 3 is 1.74 bits per heavy atom. The lowest BCUT2D eigenvalue weighted by Gasteiger charge is -2.19. The van der Waals surface area contributed by atoms with Crippen LogP contribution in [0.3, 0.4) is 0 Å². The Kier molecular flexibility index (Phi) is 5.77. The fourth-order valence-corrected chi connectivity index (χ4v) is 6.66. The van der Waals surface area contributed by atoms with E-state index in [1.54, 1.807) is 0 Å². The van der Waals surface area contributed by atoms with Crippen molar-refractivity contribution in [1.29, 1.82) is 0 Å². The first-order valence-corrected chi connectivity index (χ1v) is 15.1. The molecule has 8 aromatic rings. The minimum Gasteiger partial charge on any atom is -0.309 e. The van der Waals surface area contributed by atoms with Gasteiger partial charge in [0.15, 0.2) is 0 Å². The standard InChI is InChI=1S/C42H33N/c1-42(2,3)32-22-24-41-39(27-32)38-25-30(21-23-40(38)43(41)33-12-5-4-6-13-33)28-17-19-29(20-18-28)37-26-31-11-7-8-14-34(31)35-15-9-10-16-36(35)37/h4-27H,1-3H3. The van der Waals surface area contributed by atoms with Gasteiger partial charge >= 0.3 is 0 Å². The zero-order valence-electron chi connectivity index (χ0n) is 24.8. The van der Waals surface area contributed by atoms with Crippen LogP contribution in [0.25, 0.3) is 71.3 Å². The van der Waals surface area contributed by atoms with E-state index >= 15 is 0 Å². The van der Waals surface area contributed by atoms with Crippen LogP contribution in [-0.2, 0) is 5.41 Å². The number of benzene rings is 7. The maximum absolute atomic E-state index is 2.40. The molecule has 1 heterocycles. The third-order valence-corrected chi connectivity index (χ3v) is 8.94. The summed E-state index contributed by atoms with van der Waals surface area (Å²) in [5.41, 5.74) is 10.1. The van der Waals surface area contributed by atoms with Crippen molar-refractivity contribution in [2.45, 2.75) is 26.2 Å². The predicted molar refractivity (Wildman–Crippen MR) is 185 cm³/mol. The second-order valence-corrected chi connectivity index (χ2v) is 12.7. The van der Waals surface area contributed by atoms with E-state index in [1.165, 1.54) is 76.9 Å². The number of aromatic nitrogens is 1. The molecule has 0 spiro atoms. The van der Waals surface area contributed by atoms with Gasteiger partial charge in [-0.2, -0.15) is 0 Å². The molecule has 8 rings (SSSR count). The van der Waals surface area contributed by atoms with Crippen molar-refractivity contribution < 1.29 is 0 Å². The number of rotatable bonds is 3. The van der Waals surface area contributed by atoms with Gasteiger partial charge in [0.1, 0.15) is 0 Å². The largest absolute Gasteiger partial charge is 0.309 e. The number of fused-ring (bicyclic) bond motifs is 6. The molecule has 0 amide bonds. The molecular weight excluding hydrogens is 518 g/mol. The van der Waals surface area contributed by atoms with Crippen molar-refractivity contribution in [3.05, 3.63) is 151 Å². The van der Waals surface area contributed by atoms with E-state index in [0.29, 0.717) is 0 Å². The van der Waals surface area contributed by atoms with Crippen molar-refractivity contribution in [2.24, 2.45) is 0 Å². The monoisotopic (exact) mass is 551 g/mol. The summed E-state index contributed by atoms with van der Waals surface area (Å²) in [6, 6.07) is 53.5. The second kappa shape index (κ2) is 9.71. The summed E-state index contributed by atoms with van der Waals surface area (Å²) in [7, 11) is 0. The van der Waals surface area contributed by atoms with Crippen LogP contribution < -0.4 is 0 Å². The lowest BCUT2D eigenvalue weighted by Crippen LogP contribution is -2.10. The Balaban J connectivity index is 1.28. The van der Waals surface area contributed by atoms with Gasteiger partial charge < -0.3 is 4.57 Å². The summed E-state index contributed by atoms with van der Waals surface area (Å²) in [6.45, 7) is 6.86. The fourth-order valence-electron chi connectivity index (χ4n) is 6.66. The first-order chi connectivity index (χ1) is 21.0. The molecule has 1 aromatic heterocycles. The van der Waals surface area contributed by atoms with Crippen LogP contribution in [0.1, 0.15) is 26.3 Å². The molecule has 0 bridgehead atoms. The number of para-hydroxylation sites is 1. The van der Waals surface area contributed by atoms with Gasteiger partial charge in [-0.25, -0.2) is 0 Å². The highest BCUT2D eigenvalue weighted by atomic mass is 15.0. The highest BCUT2D eigenvalue weighted by Gasteiger charge is 2.18. The van der Waals surface area contributed by atoms with Gasteiger partial charge in [0, 0.05) is 16.5 Å². The van der Waals surface area contributed by atoms with Crippen molar-refractivity contribution in [3.63, 3.8) is 0 Å². The summed E-state index contributed by atoms with van der Waals surface area (Å²) in [6.07, 6.45) is 0. The summed E-state index contributed by atoms with van der Waals surface area (Å²) < 4.78 is 2.40. The number of hydrogen-bond donors (Lipinski definition) is 0. The van der Waals surface area contributed by atoms with Gasteiger partial charge in [0.05, 0.1) is 11.0 Å². The number of nitrogens with zero attached hydrogens (tertiary/aromatic N) is 1. The minimum absolute atomic E-state index is 0.0791. The molecule has 0 N–H and O–H groups in total. The lowest BCUT2D eigenvalue weighted by atomic mass is 9.86. The highest BCUT2D eigenvalue weighted by Crippen LogP contribution is 2.39. The van der Waals surface area contributed by atoms with Crippen molar-refractivity contribution in [1.82, 2.24) is 4.57 Å². The van der Waals surface area contributed by atoms with Gasteiger partial charge in [0.25, 0.3) is 0 Å². The molecule has 0 unspecified atom stereocenters. The smallest absolute Gasteiger partial charge is 0.0541 e. The maximum atomic E-state index is 2.40. The summed E-state index contributed by atoms with van der Waals surface area (Å²) in [5.74, 6) is 0. The maximum Gasteiger partial charge on any atom is 0.0541 e. The lowest BCUT2D eigenvalue weighted by molar-refractivity contribution is 0.591. The predicted octanol–water partition coefficient (Wildman–Crippen LogP) is 11.7. The Morgan fingerprint density at radius 2 is 1.00 bits per heavy atom. The molecule has 1 nitrogen and oxygen atoms in total. The fraction of sp³-hybridized carbons (Fsp3) is 0.0952. The van der Waals surface area contributed by atoms with Gasteiger partial charge in [-0.05, 0) is 97.2 Å². The topological polar surface area (TPSA) is 4.93 Å². The zero-order valence-corrected chi connectivity index (χ0v) is 24.8. The Morgan fingerprint density at radius 1 is 0.419 bits per heavy atom. The van der Waals surface area contributed by atoms with Crippen LogP contribution >= 0.6 is 0 Å². The van der Waals surface area contributed by atoms with E-state index in [1.807, 2.05) is 0 Å². The van der Waals surface area contributed by atoms with Gasteiger partial charge in [-0.1, -0.05) is 124 Å². The summed E-state index contributed by atoms with van der Waals surface area (Å²) in [5, 5.41) is 7.75. The van der Waals surface area contributed by atoms with E-state index in [-0.39, 0.29) is 5.41 Å². The average molecular weight is 552 g/mol. The molecule has 0 saturated carbocycles. The molecule has 0 saturated heterocycles. The van der Waals surface area contributed by atoms with Crippen LogP contribution in [0.15, 0.2) is 146 Å². The quantitative estimate of drug-likeness (QED) is 0.192. The summed E-state index contributed by atoms with van der Waals surface area (Å²) in [4.78, 5) is 0. The molecular formula is C42H33N. The molecule has 7 aromatic carbocycles. The van der Waals surface area contributed by atoms with Crippen LogP contribution in [0.5, 0.6) is 0 Å². The first-order valence-electron chi connectivity index (χ1n) is 15.1. The van der Waals surface area contributed by atoms with Gasteiger partial charge in [0.2, 0.25) is 0 Å². The van der Waals surface area contributed by atoms with Crippen LogP contribution in [0.2, 0.25) is 0 Å². The average Bonchev–Trinajstić information content (AvgIpc) is 3.37. The molecule has 0 radical (unpaired) electrons. The SMILES string of the molecule is CC(C)(C)c1ccc2c(c1)c1cc(-c3ccc(-c4cc5ccccc5c5ccccc45)cc3)ccc1n2-c1ccccc1. The second-order valence-electron chi connectivity index (χ2n) is 12.7. The van der Waals surface area contributed by atoms with E-state index in [4.69, 9.17) is 0 Å².